The average molecular weight is 407 g/mol. The van der Waals surface area contributed by atoms with Crippen LogP contribution < -0.4 is 10.2 Å². The Labute approximate surface area is 170 Å². The number of carbonyl (C=O) groups is 1. The molecule has 27 heavy (non-hydrogen) atoms. The molecule has 0 radical (unpaired) electrons. The molecule has 1 saturated heterocycles. The molecule has 1 aromatic heterocycles. The summed E-state index contributed by atoms with van der Waals surface area (Å²) in [6.07, 6.45) is 3.67. The molecule has 2 aromatic rings. The summed E-state index contributed by atoms with van der Waals surface area (Å²) in [5.41, 5.74) is 1.14. The molecule has 1 atom stereocenters. The lowest BCUT2D eigenvalue weighted by Crippen LogP contribution is -2.43. The third-order valence-electron chi connectivity index (χ3n) is 4.82. The monoisotopic (exact) mass is 406 g/mol. The van der Waals surface area contributed by atoms with E-state index in [0.29, 0.717) is 12.3 Å². The van der Waals surface area contributed by atoms with Crippen molar-refractivity contribution in [3.8, 4) is 0 Å². The quantitative estimate of drug-likeness (QED) is 0.749. The molecular weight excluding hydrogens is 380 g/mol. The first-order chi connectivity index (χ1) is 13.0. The van der Waals surface area contributed by atoms with Gasteiger partial charge in [-0.25, -0.2) is 4.98 Å². The highest BCUT2D eigenvalue weighted by Gasteiger charge is 2.27. The molecule has 5 nitrogen and oxygen atoms in total. The van der Waals surface area contributed by atoms with Gasteiger partial charge in [0.05, 0.1) is 5.92 Å². The lowest BCUT2D eigenvalue weighted by Gasteiger charge is -2.31. The average Bonchev–Trinajstić information content (AvgIpc) is 3.12. The van der Waals surface area contributed by atoms with Crippen molar-refractivity contribution < 1.29 is 4.79 Å². The second-order valence-corrected chi connectivity index (χ2v) is 8.72. The van der Waals surface area contributed by atoms with Crippen LogP contribution in [0.5, 0.6) is 0 Å². The Kier molecular flexibility index (Phi) is 7.07. The predicted molar refractivity (Wildman–Crippen MR) is 112 cm³/mol. The molecule has 0 spiro atoms. The van der Waals surface area contributed by atoms with E-state index in [4.69, 9.17) is 16.6 Å². The molecule has 1 N–H and O–H groups in total. The summed E-state index contributed by atoms with van der Waals surface area (Å²) in [6, 6.07) is 7.78. The van der Waals surface area contributed by atoms with Crippen molar-refractivity contribution >= 4 is 34.2 Å². The summed E-state index contributed by atoms with van der Waals surface area (Å²) >= 11 is 7.36. The minimum atomic E-state index is 0.0366. The number of benzene rings is 1. The van der Waals surface area contributed by atoms with E-state index in [1.54, 1.807) is 0 Å². The van der Waals surface area contributed by atoms with Gasteiger partial charge in [0.15, 0.2) is 0 Å². The second-order valence-electron chi connectivity index (χ2n) is 7.56. The summed E-state index contributed by atoms with van der Waals surface area (Å²) < 4.78 is 4.50. The number of hydrogen-bond donors (Lipinski definition) is 1. The van der Waals surface area contributed by atoms with E-state index in [9.17, 15) is 4.79 Å². The van der Waals surface area contributed by atoms with Gasteiger partial charge in [0, 0.05) is 42.6 Å². The van der Waals surface area contributed by atoms with Gasteiger partial charge >= 0.3 is 0 Å². The predicted octanol–water partition coefficient (Wildman–Crippen LogP) is 4.16. The third kappa shape index (κ3) is 5.91. The third-order valence-corrected chi connectivity index (χ3v) is 5.88. The molecule has 0 saturated carbocycles. The Morgan fingerprint density at radius 2 is 2.15 bits per heavy atom. The standard InChI is InChI=1S/C20H27ClN4OS/c1-14(2)9-10-22-19(26)16-4-3-11-25(13-16)20-23-18(24-27-20)12-15-5-7-17(21)8-6-15/h5-8,14,16H,3-4,9-13H2,1-2H3,(H,22,26)/t16-/m1/s1. The second kappa shape index (κ2) is 9.51. The van der Waals surface area contributed by atoms with Crippen LogP contribution in [0, 0.1) is 11.8 Å². The van der Waals surface area contributed by atoms with Crippen LogP contribution in [0.3, 0.4) is 0 Å². The van der Waals surface area contributed by atoms with E-state index in [1.165, 1.54) is 11.5 Å². The van der Waals surface area contributed by atoms with E-state index in [2.05, 4.69) is 28.4 Å². The zero-order chi connectivity index (χ0) is 19.2. The summed E-state index contributed by atoms with van der Waals surface area (Å²) in [6.45, 7) is 6.77. The Hall–Kier alpha value is -1.66. The molecule has 7 heteroatoms. The maximum atomic E-state index is 12.4. The summed E-state index contributed by atoms with van der Waals surface area (Å²) in [7, 11) is 0. The van der Waals surface area contributed by atoms with Gasteiger partial charge in [-0.3, -0.25) is 4.79 Å². The highest BCUT2D eigenvalue weighted by atomic mass is 35.5. The van der Waals surface area contributed by atoms with Gasteiger partial charge in [0.25, 0.3) is 0 Å². The van der Waals surface area contributed by atoms with Crippen LogP contribution in [-0.2, 0) is 11.2 Å². The molecule has 0 bridgehead atoms. The van der Waals surface area contributed by atoms with Crippen LogP contribution in [0.1, 0.15) is 44.5 Å². The molecule has 1 aliphatic heterocycles. The number of nitrogens with zero attached hydrogens (tertiary/aromatic N) is 3. The zero-order valence-electron chi connectivity index (χ0n) is 15.9. The van der Waals surface area contributed by atoms with E-state index >= 15 is 0 Å². The SMILES string of the molecule is CC(C)CCNC(=O)[C@@H]1CCCN(c2nc(Cc3ccc(Cl)cc3)ns2)C1. The Balaban J connectivity index is 1.55. The van der Waals surface area contributed by atoms with Crippen LogP contribution >= 0.6 is 23.1 Å². The fourth-order valence-corrected chi connectivity index (χ4v) is 4.07. The van der Waals surface area contributed by atoms with Crippen LogP contribution in [0.2, 0.25) is 5.02 Å². The molecule has 0 aliphatic carbocycles. The molecule has 146 valence electrons. The van der Waals surface area contributed by atoms with Crippen molar-refractivity contribution in [2.45, 2.75) is 39.5 Å². The number of rotatable bonds is 7. The van der Waals surface area contributed by atoms with Crippen LogP contribution in [0.25, 0.3) is 0 Å². The van der Waals surface area contributed by atoms with Crippen LogP contribution in [-0.4, -0.2) is 34.9 Å². The van der Waals surface area contributed by atoms with Crippen LogP contribution in [0.4, 0.5) is 5.13 Å². The molecular formula is C20H27ClN4OS. The first-order valence-electron chi connectivity index (χ1n) is 9.61. The van der Waals surface area contributed by atoms with E-state index < -0.39 is 0 Å². The number of piperidine rings is 1. The molecule has 0 unspecified atom stereocenters. The number of aromatic nitrogens is 2. The smallest absolute Gasteiger partial charge is 0.224 e. The van der Waals surface area contributed by atoms with Crippen molar-refractivity contribution in [3.63, 3.8) is 0 Å². The number of amides is 1. The topological polar surface area (TPSA) is 58.1 Å². The highest BCUT2D eigenvalue weighted by Crippen LogP contribution is 2.25. The lowest BCUT2D eigenvalue weighted by atomic mass is 9.97. The summed E-state index contributed by atoms with van der Waals surface area (Å²) in [4.78, 5) is 19.4. The normalized spacial score (nSPS) is 17.3. The van der Waals surface area contributed by atoms with Crippen molar-refractivity contribution in [3.05, 3.63) is 40.7 Å². The minimum absolute atomic E-state index is 0.0366. The van der Waals surface area contributed by atoms with Gasteiger partial charge in [-0.2, -0.15) is 4.37 Å². The fraction of sp³-hybridized carbons (Fsp3) is 0.550. The minimum Gasteiger partial charge on any atom is -0.356 e. The first kappa shape index (κ1) is 20.1. The number of hydrogen-bond acceptors (Lipinski definition) is 5. The summed E-state index contributed by atoms with van der Waals surface area (Å²) in [5, 5.41) is 4.74. The summed E-state index contributed by atoms with van der Waals surface area (Å²) in [5.74, 6) is 1.63. The van der Waals surface area contributed by atoms with Crippen LogP contribution in [0.15, 0.2) is 24.3 Å². The molecule has 1 aromatic carbocycles. The highest BCUT2D eigenvalue weighted by molar-refractivity contribution is 7.09. The van der Waals surface area contributed by atoms with Gasteiger partial charge < -0.3 is 10.2 Å². The number of anilines is 1. The fourth-order valence-electron chi connectivity index (χ4n) is 3.22. The van der Waals surface area contributed by atoms with E-state index in [0.717, 1.165) is 60.4 Å². The van der Waals surface area contributed by atoms with Gasteiger partial charge in [-0.1, -0.05) is 37.6 Å². The Bertz CT molecular complexity index is 747. The molecule has 3 rings (SSSR count). The number of carbonyl (C=O) groups excluding carboxylic acids is 1. The van der Waals surface area contributed by atoms with E-state index in [-0.39, 0.29) is 11.8 Å². The number of halogens is 1. The molecule has 1 aliphatic rings. The van der Waals surface area contributed by atoms with Crippen molar-refractivity contribution in [1.29, 1.82) is 0 Å². The van der Waals surface area contributed by atoms with Gasteiger partial charge in [0.1, 0.15) is 5.82 Å². The molecule has 1 fully saturated rings. The maximum absolute atomic E-state index is 12.4. The molecule has 1 amide bonds. The maximum Gasteiger partial charge on any atom is 0.224 e. The largest absolute Gasteiger partial charge is 0.356 e. The zero-order valence-corrected chi connectivity index (χ0v) is 17.5. The molecule has 2 heterocycles. The lowest BCUT2D eigenvalue weighted by molar-refractivity contribution is -0.125. The number of nitrogens with one attached hydrogen (secondary N) is 1. The Morgan fingerprint density at radius 3 is 2.89 bits per heavy atom. The Morgan fingerprint density at radius 1 is 1.37 bits per heavy atom. The first-order valence-corrected chi connectivity index (χ1v) is 10.8. The van der Waals surface area contributed by atoms with Gasteiger partial charge in [-0.15, -0.1) is 0 Å². The van der Waals surface area contributed by atoms with Gasteiger partial charge in [0.2, 0.25) is 11.0 Å². The van der Waals surface area contributed by atoms with Crippen molar-refractivity contribution in [2.75, 3.05) is 24.5 Å². The van der Waals surface area contributed by atoms with Gasteiger partial charge in [-0.05, 0) is 42.9 Å². The van der Waals surface area contributed by atoms with Crippen molar-refractivity contribution in [2.24, 2.45) is 11.8 Å². The van der Waals surface area contributed by atoms with Crippen molar-refractivity contribution in [1.82, 2.24) is 14.7 Å². The van der Waals surface area contributed by atoms with E-state index in [1.807, 2.05) is 24.3 Å².